The third kappa shape index (κ3) is 4.28. The molecule has 2 saturated carbocycles. The Morgan fingerprint density at radius 3 is 2.55 bits per heavy atom. The molecule has 1 aliphatic heterocycles. The van der Waals surface area contributed by atoms with Crippen molar-refractivity contribution in [1.29, 1.82) is 0 Å². The fourth-order valence-electron chi connectivity index (χ4n) is 5.55. The molecule has 0 amide bonds. The number of hydrogen-bond donors (Lipinski definition) is 0. The highest BCUT2D eigenvalue weighted by Crippen LogP contribution is 2.61. The molecule has 3 rings (SSSR count). The zero-order valence-electron chi connectivity index (χ0n) is 20.4. The van der Waals surface area contributed by atoms with Gasteiger partial charge in [-0.3, -0.25) is 0 Å². The van der Waals surface area contributed by atoms with E-state index >= 15 is 0 Å². The lowest BCUT2D eigenvalue weighted by Crippen LogP contribution is -2.62. The van der Waals surface area contributed by atoms with Crippen LogP contribution in [-0.4, -0.2) is 49.3 Å². The first-order valence-corrected chi connectivity index (χ1v) is 12.6. The van der Waals surface area contributed by atoms with Crippen molar-refractivity contribution in [2.45, 2.75) is 71.9 Å². The van der Waals surface area contributed by atoms with Gasteiger partial charge in [0, 0.05) is 42.1 Å². The maximum Gasteiger partial charge on any atom is 0.336 e. The van der Waals surface area contributed by atoms with Gasteiger partial charge in [-0.15, -0.1) is 11.8 Å². The lowest BCUT2D eigenvalue weighted by molar-refractivity contribution is -0.244. The Kier molecular flexibility index (Phi) is 7.49. The summed E-state index contributed by atoms with van der Waals surface area (Å²) in [5.41, 5.74) is 0.845. The Balaban J connectivity index is 2.06. The summed E-state index contributed by atoms with van der Waals surface area (Å²) < 4.78 is 23.5. The maximum atomic E-state index is 12.9. The molecule has 0 aromatic carbocycles. The molecule has 6 atom stereocenters. The molecule has 3 aliphatic rings. The second kappa shape index (κ2) is 9.66. The van der Waals surface area contributed by atoms with Crippen LogP contribution in [0.2, 0.25) is 0 Å². The van der Waals surface area contributed by atoms with Crippen molar-refractivity contribution >= 4 is 29.7 Å². The van der Waals surface area contributed by atoms with E-state index in [1.165, 1.54) is 24.9 Å². The topological polar surface area (TPSA) is 88.1 Å². The third-order valence-corrected chi connectivity index (χ3v) is 8.26. The van der Waals surface area contributed by atoms with Gasteiger partial charge in [0.2, 0.25) is 5.79 Å². The van der Waals surface area contributed by atoms with Crippen molar-refractivity contribution in [3.63, 3.8) is 0 Å². The minimum atomic E-state index is -1.25. The van der Waals surface area contributed by atoms with Crippen LogP contribution in [0.25, 0.3) is 0 Å². The molecule has 0 spiro atoms. The number of hydrogen-bond acceptors (Lipinski definition) is 8. The molecular formula is C25H34O7S. The first-order valence-electron chi connectivity index (χ1n) is 11.3. The molecule has 0 unspecified atom stereocenters. The number of carbonyl (C=O) groups excluding carboxylic acids is 3. The zero-order valence-corrected chi connectivity index (χ0v) is 21.2. The molecule has 0 radical (unpaired) electrons. The fraction of sp³-hybridized carbons (Fsp3) is 0.640. The van der Waals surface area contributed by atoms with Gasteiger partial charge in [0.05, 0.1) is 5.57 Å². The Hall–Kier alpha value is -2.06. The molecule has 7 nitrogen and oxygen atoms in total. The number of ether oxygens (including phenoxy) is 4. The van der Waals surface area contributed by atoms with Crippen molar-refractivity contribution in [3.8, 4) is 0 Å². The van der Waals surface area contributed by atoms with Crippen LogP contribution in [-0.2, 0) is 33.3 Å². The van der Waals surface area contributed by atoms with E-state index in [0.29, 0.717) is 29.6 Å². The van der Waals surface area contributed by atoms with Gasteiger partial charge >= 0.3 is 17.9 Å². The quantitative estimate of drug-likeness (QED) is 0.317. The summed E-state index contributed by atoms with van der Waals surface area (Å²) in [6, 6.07) is 0. The minimum absolute atomic E-state index is 0.0234. The molecule has 0 aromatic rings. The zero-order chi connectivity index (χ0) is 24.6. The Morgan fingerprint density at radius 2 is 1.94 bits per heavy atom. The molecule has 0 bridgehead atoms. The van der Waals surface area contributed by atoms with Gasteiger partial charge < -0.3 is 18.9 Å². The minimum Gasteiger partial charge on any atom is -0.459 e. The predicted molar refractivity (Wildman–Crippen MR) is 125 cm³/mol. The van der Waals surface area contributed by atoms with Crippen LogP contribution in [0.3, 0.4) is 0 Å². The summed E-state index contributed by atoms with van der Waals surface area (Å²) in [6.07, 6.45) is 5.73. The van der Waals surface area contributed by atoms with E-state index in [-0.39, 0.29) is 17.9 Å². The Labute approximate surface area is 199 Å². The average molecular weight is 479 g/mol. The van der Waals surface area contributed by atoms with Gasteiger partial charge in [-0.25, -0.2) is 14.4 Å². The lowest BCUT2D eigenvalue weighted by Gasteiger charge is -2.58. The number of carbonyl (C=O) groups is 3. The van der Waals surface area contributed by atoms with Crippen molar-refractivity contribution < 1.29 is 33.3 Å². The average Bonchev–Trinajstić information content (AvgIpc) is 3.05. The SMILES string of the molecule is C/C=C(/C)C(=O)O[C@@H]1C2=C(C)C(=O)O[C@]2(OC)C[C@H]2CC[C@H](OC(=O)/C=C\SC)[C@H](C)[C@]21C. The van der Waals surface area contributed by atoms with Gasteiger partial charge in [-0.05, 0) is 51.2 Å². The number of thioether (sulfide) groups is 1. The number of fused-ring (bicyclic) bond motifs is 2. The number of allylic oxidation sites excluding steroid dienone is 1. The van der Waals surface area contributed by atoms with E-state index in [4.69, 9.17) is 18.9 Å². The molecule has 8 heteroatoms. The highest BCUT2D eigenvalue weighted by molar-refractivity contribution is 8.01. The number of methoxy groups -OCH3 is 1. The summed E-state index contributed by atoms with van der Waals surface area (Å²) in [7, 11) is 1.51. The standard InChI is InChI=1S/C25H34O7S/c1-8-14(2)22(27)31-21-20-15(3)23(28)32-25(20,29-6)13-17-9-10-18(16(4)24(17,21)5)30-19(26)11-12-33-7/h8,11-12,16-18,21H,9-10,13H2,1-7H3/b12-11-,14-8-/t16-,17+,18-,21+,24+,25+/m0/s1. The molecule has 0 N–H and O–H groups in total. The van der Waals surface area contributed by atoms with Crippen LogP contribution in [0.4, 0.5) is 0 Å². The van der Waals surface area contributed by atoms with Gasteiger partial charge in [0.1, 0.15) is 12.2 Å². The Bertz CT molecular complexity index is 920. The summed E-state index contributed by atoms with van der Waals surface area (Å²) >= 11 is 1.43. The first-order chi connectivity index (χ1) is 15.5. The Morgan fingerprint density at radius 1 is 1.24 bits per heavy atom. The van der Waals surface area contributed by atoms with Crippen LogP contribution in [0, 0.1) is 17.3 Å². The molecule has 0 saturated heterocycles. The summed E-state index contributed by atoms with van der Waals surface area (Å²) in [4.78, 5) is 37.9. The van der Waals surface area contributed by atoms with Crippen LogP contribution in [0.15, 0.2) is 34.3 Å². The van der Waals surface area contributed by atoms with Crippen molar-refractivity contribution in [2.24, 2.45) is 17.3 Å². The molecule has 0 aromatic heterocycles. The predicted octanol–water partition coefficient (Wildman–Crippen LogP) is 4.33. The van der Waals surface area contributed by atoms with Gasteiger partial charge in [0.25, 0.3) is 0 Å². The van der Waals surface area contributed by atoms with E-state index in [9.17, 15) is 14.4 Å². The fourth-order valence-corrected chi connectivity index (χ4v) is 5.79. The largest absolute Gasteiger partial charge is 0.459 e. The van der Waals surface area contributed by atoms with Gasteiger partial charge in [-0.2, -0.15) is 0 Å². The molecule has 2 aliphatic carbocycles. The molecule has 33 heavy (non-hydrogen) atoms. The van der Waals surface area contributed by atoms with E-state index < -0.39 is 35.2 Å². The van der Waals surface area contributed by atoms with Crippen LogP contribution >= 0.6 is 11.8 Å². The summed E-state index contributed by atoms with van der Waals surface area (Å²) in [5, 5.41) is 1.69. The lowest BCUT2D eigenvalue weighted by atomic mass is 9.51. The van der Waals surface area contributed by atoms with E-state index in [1.54, 1.807) is 32.3 Å². The monoisotopic (exact) mass is 478 g/mol. The van der Waals surface area contributed by atoms with Crippen LogP contribution in [0.1, 0.15) is 53.9 Å². The molecule has 182 valence electrons. The van der Waals surface area contributed by atoms with E-state index in [0.717, 1.165) is 6.42 Å². The molecule has 1 heterocycles. The first kappa shape index (κ1) is 25.6. The van der Waals surface area contributed by atoms with E-state index in [2.05, 4.69) is 6.92 Å². The number of esters is 3. The highest BCUT2D eigenvalue weighted by atomic mass is 32.2. The van der Waals surface area contributed by atoms with Crippen LogP contribution < -0.4 is 0 Å². The van der Waals surface area contributed by atoms with Crippen molar-refractivity contribution in [3.05, 3.63) is 34.3 Å². The second-order valence-corrected chi connectivity index (χ2v) is 10.0. The normalized spacial score (nSPS) is 36.3. The third-order valence-electron chi connectivity index (χ3n) is 7.86. The maximum absolute atomic E-state index is 12.9. The smallest absolute Gasteiger partial charge is 0.336 e. The van der Waals surface area contributed by atoms with Crippen LogP contribution in [0.5, 0.6) is 0 Å². The molecule has 2 fully saturated rings. The highest BCUT2D eigenvalue weighted by Gasteiger charge is 2.66. The van der Waals surface area contributed by atoms with Crippen molar-refractivity contribution in [1.82, 2.24) is 0 Å². The molecular weight excluding hydrogens is 444 g/mol. The van der Waals surface area contributed by atoms with Gasteiger partial charge in [0.15, 0.2) is 0 Å². The van der Waals surface area contributed by atoms with E-state index in [1.807, 2.05) is 13.2 Å². The number of rotatable bonds is 6. The summed E-state index contributed by atoms with van der Waals surface area (Å²) in [6.45, 7) is 9.24. The van der Waals surface area contributed by atoms with Gasteiger partial charge in [-0.1, -0.05) is 19.9 Å². The van der Waals surface area contributed by atoms with Crippen molar-refractivity contribution in [2.75, 3.05) is 13.4 Å². The summed E-state index contributed by atoms with van der Waals surface area (Å²) in [5.74, 6) is -2.67. The second-order valence-electron chi connectivity index (χ2n) is 9.29.